The molecule has 0 heterocycles. The van der Waals surface area contributed by atoms with Gasteiger partial charge < -0.3 is 18.9 Å². The van der Waals surface area contributed by atoms with Gasteiger partial charge in [-0.2, -0.15) is 0 Å². The van der Waals surface area contributed by atoms with Gasteiger partial charge in [-0.05, 0) is 0 Å². The summed E-state index contributed by atoms with van der Waals surface area (Å²) in [6.45, 7) is -1.01. The van der Waals surface area contributed by atoms with E-state index in [-0.39, 0.29) is 38.8 Å². The van der Waals surface area contributed by atoms with Crippen molar-refractivity contribution >= 4 is 38.8 Å². The molecule has 0 saturated heterocycles. The Bertz CT molecular complexity index is 258. The third-order valence-electron chi connectivity index (χ3n) is 0.927. The number of carbonyl (C=O) groups is 6. The van der Waals surface area contributed by atoms with Crippen LogP contribution in [0.5, 0.6) is 0 Å². The van der Waals surface area contributed by atoms with Crippen molar-refractivity contribution in [1.82, 2.24) is 0 Å². The van der Waals surface area contributed by atoms with Crippen LogP contribution >= 0.6 is 0 Å². The zero-order valence-electron chi connectivity index (χ0n) is 9.27. The van der Waals surface area contributed by atoms with E-state index in [1.807, 2.05) is 0 Å². The van der Waals surface area contributed by atoms with Gasteiger partial charge in [0.15, 0.2) is 0 Å². The number of carbonyl (C=O) groups excluding carboxylic acids is 6. The van der Waals surface area contributed by atoms with Crippen molar-refractivity contribution in [1.29, 1.82) is 0 Å². The Balaban J connectivity index is 0. The predicted molar refractivity (Wildman–Crippen MR) is 46.7 cm³/mol. The Morgan fingerprint density at radius 1 is 0.500 bits per heavy atom. The molecule has 0 aliphatic carbocycles. The molecule has 0 amide bonds. The molecule has 0 aromatic rings. The van der Waals surface area contributed by atoms with Gasteiger partial charge in [0, 0.05) is 5.04 Å². The van der Waals surface area contributed by atoms with Crippen LogP contribution in [0.25, 0.3) is 0 Å². The quantitative estimate of drug-likeness (QED) is 0.122. The summed E-state index contributed by atoms with van der Waals surface area (Å²) in [7, 11) is 0. The zero-order chi connectivity index (χ0) is 15.7. The summed E-state index contributed by atoms with van der Waals surface area (Å²) >= 11 is 0. The van der Waals surface area contributed by atoms with Gasteiger partial charge in [0.25, 0.3) is 0 Å². The Morgan fingerprint density at radius 2 is 0.800 bits per heavy atom. The first-order valence-electron chi connectivity index (χ1n) is 3.98. The molecule has 112 valence electrons. The first-order valence-corrected chi connectivity index (χ1v) is 3.98. The van der Waals surface area contributed by atoms with E-state index in [0.29, 0.717) is 0 Å². The molecule has 0 aliphatic heterocycles. The molecule has 0 atom stereocenters. The second-order valence-electron chi connectivity index (χ2n) is 1.81. The lowest BCUT2D eigenvalue weighted by atomic mass is 11.0. The van der Waals surface area contributed by atoms with E-state index in [2.05, 4.69) is 33.8 Å². The van der Waals surface area contributed by atoms with Gasteiger partial charge in [0.2, 0.25) is 0 Å². The predicted octanol–water partition coefficient (Wildman–Crippen LogP) is -2.53. The standard InChI is InChI=1S/C5H4O8.C2H2O5/c6-1-10-5(11-2-7,12-3-8)13-4-9;3-1-5-7-6-2-4/h1-4H;1-2H. The van der Waals surface area contributed by atoms with E-state index in [0.717, 1.165) is 0 Å². The molecule has 0 saturated carbocycles. The lowest BCUT2D eigenvalue weighted by Crippen LogP contribution is -2.41. The van der Waals surface area contributed by atoms with Crippen LogP contribution in [0.15, 0.2) is 0 Å². The monoisotopic (exact) mass is 298 g/mol. The Morgan fingerprint density at radius 3 is 1.00 bits per heavy atom. The lowest BCUT2D eigenvalue weighted by molar-refractivity contribution is -0.448. The summed E-state index contributed by atoms with van der Waals surface area (Å²) in [5, 5.41) is 3.40. The van der Waals surface area contributed by atoms with Gasteiger partial charge in [0.1, 0.15) is 0 Å². The molecule has 0 spiro atoms. The first kappa shape index (κ1) is 19.1. The lowest BCUT2D eigenvalue weighted by Gasteiger charge is -2.21. The Hall–Kier alpha value is -3.22. The summed E-state index contributed by atoms with van der Waals surface area (Å²) in [5.74, 6) is 0. The van der Waals surface area contributed by atoms with Crippen molar-refractivity contribution in [2.24, 2.45) is 0 Å². The minimum Gasteiger partial charge on any atom is -0.355 e. The van der Waals surface area contributed by atoms with E-state index in [9.17, 15) is 19.2 Å². The van der Waals surface area contributed by atoms with Crippen LogP contribution in [0.1, 0.15) is 0 Å². The molecule has 13 heteroatoms. The highest BCUT2D eigenvalue weighted by molar-refractivity contribution is 5.45. The van der Waals surface area contributed by atoms with Crippen LogP contribution in [0.2, 0.25) is 0 Å². The van der Waals surface area contributed by atoms with Crippen LogP contribution in [0, 0.1) is 0 Å². The number of ether oxygens (including phenoxy) is 4. The molecule has 0 N–H and O–H groups in total. The zero-order valence-corrected chi connectivity index (χ0v) is 9.27. The highest BCUT2D eigenvalue weighted by atomic mass is 17.5. The second-order valence-corrected chi connectivity index (χ2v) is 1.81. The van der Waals surface area contributed by atoms with Crippen LogP contribution < -0.4 is 0 Å². The fourth-order valence-electron chi connectivity index (χ4n) is 0.457. The number of hydrogen-bond donors (Lipinski definition) is 0. The minimum absolute atomic E-state index is 0.0243. The van der Waals surface area contributed by atoms with E-state index >= 15 is 0 Å². The first-order chi connectivity index (χ1) is 9.66. The van der Waals surface area contributed by atoms with Crippen LogP contribution in [-0.4, -0.2) is 45.0 Å². The highest BCUT2D eigenvalue weighted by Gasteiger charge is 2.41. The van der Waals surface area contributed by atoms with Crippen LogP contribution in [0.4, 0.5) is 0 Å². The Kier molecular flexibility index (Phi) is 13.2. The van der Waals surface area contributed by atoms with Gasteiger partial charge in [0.05, 0.1) is 0 Å². The number of rotatable bonds is 12. The fraction of sp³-hybridized carbons (Fsp3) is 0.143. The summed E-state index contributed by atoms with van der Waals surface area (Å²) in [4.78, 5) is 64.5. The van der Waals surface area contributed by atoms with Crippen molar-refractivity contribution in [3.63, 3.8) is 0 Å². The molecule has 13 nitrogen and oxygen atoms in total. The maximum atomic E-state index is 9.83. The van der Waals surface area contributed by atoms with Gasteiger partial charge in [-0.1, -0.05) is 0 Å². The third kappa shape index (κ3) is 9.97. The van der Waals surface area contributed by atoms with Gasteiger partial charge in [-0.3, -0.25) is 38.5 Å². The number of hydrogen-bond acceptors (Lipinski definition) is 13. The molecular formula is C7H6O13. The molecule has 0 aliphatic rings. The summed E-state index contributed by atoms with van der Waals surface area (Å²) in [6, 6.07) is 0. The fourth-order valence-corrected chi connectivity index (χ4v) is 0.457. The smallest absolute Gasteiger partial charge is 0.355 e. The maximum Gasteiger partial charge on any atom is 0.619 e. The average molecular weight is 298 g/mol. The second kappa shape index (κ2) is 13.8. The van der Waals surface area contributed by atoms with Gasteiger partial charge >= 0.3 is 45.0 Å². The largest absolute Gasteiger partial charge is 0.619 e. The maximum absolute atomic E-state index is 9.83. The highest BCUT2D eigenvalue weighted by Crippen LogP contribution is 2.12. The van der Waals surface area contributed by atoms with Crippen molar-refractivity contribution in [3.05, 3.63) is 0 Å². The molecule has 0 bridgehead atoms. The van der Waals surface area contributed by atoms with Crippen molar-refractivity contribution in [2.45, 2.75) is 6.16 Å². The Labute approximate surface area is 109 Å². The molecule has 0 rings (SSSR count). The van der Waals surface area contributed by atoms with Gasteiger partial charge in [-0.25, -0.2) is 0 Å². The van der Waals surface area contributed by atoms with Crippen molar-refractivity contribution < 1.29 is 62.5 Å². The molecular weight excluding hydrogens is 292 g/mol. The van der Waals surface area contributed by atoms with Crippen LogP contribution in [-0.2, 0) is 62.5 Å². The molecule has 0 aromatic carbocycles. The average Bonchev–Trinajstić information content (AvgIpc) is 2.41. The normalized spacial score (nSPS) is 8.40. The van der Waals surface area contributed by atoms with Crippen molar-refractivity contribution in [2.75, 3.05) is 0 Å². The SMILES string of the molecule is O=COC(OC=O)(OC=O)OC=O.O=COOOC=O. The van der Waals surface area contributed by atoms with E-state index in [4.69, 9.17) is 9.59 Å². The summed E-state index contributed by atoms with van der Waals surface area (Å²) < 4.78 is 15.6. The molecule has 0 fully saturated rings. The van der Waals surface area contributed by atoms with E-state index in [1.54, 1.807) is 0 Å². The summed E-state index contributed by atoms with van der Waals surface area (Å²) in [6.07, 6.45) is -2.77. The van der Waals surface area contributed by atoms with Crippen LogP contribution in [0.3, 0.4) is 0 Å². The van der Waals surface area contributed by atoms with Crippen molar-refractivity contribution in [3.8, 4) is 0 Å². The molecule has 0 aromatic heterocycles. The third-order valence-corrected chi connectivity index (χ3v) is 0.927. The molecule has 20 heavy (non-hydrogen) atoms. The molecule has 0 radical (unpaired) electrons. The minimum atomic E-state index is -2.77. The van der Waals surface area contributed by atoms with E-state index < -0.39 is 6.16 Å². The topological polar surface area (TPSA) is 167 Å². The molecule has 0 unspecified atom stereocenters. The summed E-state index contributed by atoms with van der Waals surface area (Å²) in [5.41, 5.74) is 0. The van der Waals surface area contributed by atoms with Gasteiger partial charge in [-0.15, -0.1) is 0 Å². The van der Waals surface area contributed by atoms with E-state index in [1.165, 1.54) is 0 Å².